The number of carboxylic acid groups (broad SMARTS) is 1. The number of nitrogens with zero attached hydrogens (tertiary/aromatic N) is 8. The molecule has 306 valence electrons. The molecule has 0 aliphatic carbocycles. The first-order chi connectivity index (χ1) is 27.0. The summed E-state index contributed by atoms with van der Waals surface area (Å²) in [6.45, 7) is 4.66. The molecule has 16 nitrogen and oxygen atoms in total. The number of alkyl halides is 3. The number of aliphatic carboxylic acids is 1. The standard InChI is InChI=1S/C36H42ClF4N11O5/c1-3-49(12-11-48(10-4-9-42)21-30(53)54)35(57)51-15-13-50(14-16-51)34(56)24-7-6-23(18-26(24)37)45-33(55)32-44-19-29(47(32)2)25-20-52(46-31(25)36(39,40)41)28-8-5-22(43)17-27(28)38/h5-8,17-20H,3-4,9-16,21,42-43H2,1-2H3,(H,45,55)(H,53,54). The van der Waals surface area contributed by atoms with E-state index in [2.05, 4.69) is 15.4 Å². The summed E-state index contributed by atoms with van der Waals surface area (Å²) >= 11 is 6.50. The predicted octanol–water partition coefficient (Wildman–Crippen LogP) is 3.85. The van der Waals surface area contributed by atoms with Crippen molar-refractivity contribution in [1.82, 2.24) is 38.9 Å². The number of halogens is 5. The lowest BCUT2D eigenvalue weighted by molar-refractivity contribution is -0.141. The number of carboxylic acids is 1. The minimum atomic E-state index is -4.94. The Morgan fingerprint density at radius 1 is 1.02 bits per heavy atom. The summed E-state index contributed by atoms with van der Waals surface area (Å²) in [4.78, 5) is 61.9. The summed E-state index contributed by atoms with van der Waals surface area (Å²) in [6, 6.07) is 7.45. The van der Waals surface area contributed by atoms with E-state index in [4.69, 9.17) is 23.1 Å². The second-order valence-corrected chi connectivity index (χ2v) is 13.6. The third-order valence-electron chi connectivity index (χ3n) is 9.34. The Kier molecular flexibility index (Phi) is 13.4. The number of hydrogen-bond acceptors (Lipinski definition) is 9. The number of likely N-dealkylation sites (N-methyl/N-ethyl adjacent to an activating group) is 1. The summed E-state index contributed by atoms with van der Waals surface area (Å²) in [5, 5.41) is 15.4. The molecule has 0 radical (unpaired) electrons. The van der Waals surface area contributed by atoms with Gasteiger partial charge in [-0.15, -0.1) is 0 Å². The van der Waals surface area contributed by atoms with Crippen molar-refractivity contribution in [2.75, 3.05) is 76.5 Å². The van der Waals surface area contributed by atoms with Gasteiger partial charge in [-0.05, 0) is 56.3 Å². The van der Waals surface area contributed by atoms with Crippen LogP contribution in [0, 0.1) is 5.82 Å². The largest absolute Gasteiger partial charge is 0.480 e. The molecule has 4 amide bonds. The number of nitrogens with two attached hydrogens (primary N) is 2. The molecular weight excluding hydrogens is 778 g/mol. The van der Waals surface area contributed by atoms with Gasteiger partial charge in [0.25, 0.3) is 11.8 Å². The second kappa shape index (κ2) is 18.0. The minimum Gasteiger partial charge on any atom is -0.480 e. The van der Waals surface area contributed by atoms with Gasteiger partial charge in [0, 0.05) is 77.0 Å². The van der Waals surface area contributed by atoms with Gasteiger partial charge in [0.15, 0.2) is 17.3 Å². The summed E-state index contributed by atoms with van der Waals surface area (Å²) in [7, 11) is 1.33. The number of amides is 4. The van der Waals surface area contributed by atoms with Crippen molar-refractivity contribution in [3.8, 4) is 16.9 Å². The van der Waals surface area contributed by atoms with Gasteiger partial charge in [0.05, 0.1) is 34.6 Å². The van der Waals surface area contributed by atoms with Crippen LogP contribution in [0.4, 0.5) is 33.7 Å². The van der Waals surface area contributed by atoms with Crippen LogP contribution in [0.1, 0.15) is 40.0 Å². The fourth-order valence-corrected chi connectivity index (χ4v) is 6.59. The van der Waals surface area contributed by atoms with Crippen LogP contribution in [-0.2, 0) is 18.0 Å². The van der Waals surface area contributed by atoms with Crippen LogP contribution in [0.25, 0.3) is 16.9 Å². The average Bonchev–Trinajstić information content (AvgIpc) is 3.77. The Morgan fingerprint density at radius 3 is 2.33 bits per heavy atom. The van der Waals surface area contributed by atoms with Crippen LogP contribution in [0.5, 0.6) is 0 Å². The summed E-state index contributed by atoms with van der Waals surface area (Å²) in [5.74, 6) is -3.31. The van der Waals surface area contributed by atoms with E-state index in [1.165, 1.54) is 37.4 Å². The molecule has 5 rings (SSSR count). The van der Waals surface area contributed by atoms with E-state index in [1.54, 1.807) is 19.6 Å². The van der Waals surface area contributed by atoms with Gasteiger partial charge >= 0.3 is 18.2 Å². The van der Waals surface area contributed by atoms with Crippen molar-refractivity contribution in [2.24, 2.45) is 12.8 Å². The Hall–Kier alpha value is -5.73. The van der Waals surface area contributed by atoms with E-state index in [0.29, 0.717) is 39.1 Å². The number of nitrogen functional groups attached to an aromatic ring is 1. The van der Waals surface area contributed by atoms with Crippen LogP contribution in [-0.4, -0.2) is 133 Å². The Labute approximate surface area is 329 Å². The normalized spacial score (nSPS) is 13.3. The highest BCUT2D eigenvalue weighted by Crippen LogP contribution is 2.37. The number of piperazine rings is 1. The topological polar surface area (TPSA) is 201 Å². The van der Waals surface area contributed by atoms with Crippen LogP contribution < -0.4 is 16.8 Å². The molecule has 1 saturated heterocycles. The van der Waals surface area contributed by atoms with Crippen LogP contribution in [0.2, 0.25) is 5.02 Å². The molecule has 6 N–H and O–H groups in total. The fourth-order valence-electron chi connectivity index (χ4n) is 6.33. The predicted molar refractivity (Wildman–Crippen MR) is 202 cm³/mol. The molecule has 0 bridgehead atoms. The zero-order chi connectivity index (χ0) is 41.6. The quantitative estimate of drug-likeness (QED) is 0.107. The highest BCUT2D eigenvalue weighted by molar-refractivity contribution is 6.34. The molecule has 21 heteroatoms. The number of aromatic nitrogens is 4. The molecule has 57 heavy (non-hydrogen) atoms. The van der Waals surface area contributed by atoms with Crippen LogP contribution >= 0.6 is 11.6 Å². The maximum absolute atomic E-state index is 14.6. The van der Waals surface area contributed by atoms with E-state index >= 15 is 0 Å². The number of anilines is 2. The Morgan fingerprint density at radius 2 is 1.72 bits per heavy atom. The minimum absolute atomic E-state index is 0.0201. The molecular formula is C36H42ClF4N11O5. The van der Waals surface area contributed by atoms with Crippen molar-refractivity contribution >= 4 is 46.8 Å². The van der Waals surface area contributed by atoms with Crippen LogP contribution in [0.3, 0.4) is 0 Å². The van der Waals surface area contributed by atoms with E-state index in [0.717, 1.165) is 27.7 Å². The fraction of sp³-hybridized carbons (Fsp3) is 0.389. The first-order valence-electron chi connectivity index (χ1n) is 17.8. The maximum Gasteiger partial charge on any atom is 0.435 e. The second-order valence-electron chi connectivity index (χ2n) is 13.2. The highest BCUT2D eigenvalue weighted by atomic mass is 35.5. The molecule has 1 aliphatic heterocycles. The van der Waals surface area contributed by atoms with Crippen molar-refractivity contribution in [3.05, 3.63) is 76.7 Å². The van der Waals surface area contributed by atoms with Crippen molar-refractivity contribution in [2.45, 2.75) is 19.5 Å². The molecule has 1 fully saturated rings. The lowest BCUT2D eigenvalue weighted by Gasteiger charge is -2.38. The highest BCUT2D eigenvalue weighted by Gasteiger charge is 2.39. The Bertz CT molecular complexity index is 2120. The summed E-state index contributed by atoms with van der Waals surface area (Å²) in [5.41, 5.74) is 9.36. The monoisotopic (exact) mass is 819 g/mol. The number of benzene rings is 2. The number of imidazole rings is 1. The molecule has 2 aromatic heterocycles. The number of carbonyl (C=O) groups is 4. The van der Waals surface area contributed by atoms with E-state index in [-0.39, 0.29) is 77.9 Å². The lowest BCUT2D eigenvalue weighted by atomic mass is 10.1. The van der Waals surface area contributed by atoms with Crippen molar-refractivity contribution in [1.29, 1.82) is 0 Å². The SMILES string of the molecule is CCN(CCN(CCCN)CC(=O)O)C(=O)N1CCN(C(=O)c2ccc(NC(=O)c3ncc(-c4cn(-c5ccc(N)cc5F)nc4C(F)(F)F)n3C)cc2Cl)CC1. The molecule has 0 spiro atoms. The van der Waals surface area contributed by atoms with Gasteiger partial charge in [-0.1, -0.05) is 11.6 Å². The number of hydrogen-bond donors (Lipinski definition) is 4. The van der Waals surface area contributed by atoms with E-state index in [9.17, 15) is 41.8 Å². The summed E-state index contributed by atoms with van der Waals surface area (Å²) < 4.78 is 58.7. The van der Waals surface area contributed by atoms with Gasteiger partial charge in [-0.25, -0.2) is 18.9 Å². The number of rotatable bonds is 14. The van der Waals surface area contributed by atoms with E-state index in [1.807, 2.05) is 6.92 Å². The zero-order valence-corrected chi connectivity index (χ0v) is 31.9. The molecule has 0 saturated carbocycles. The van der Waals surface area contributed by atoms with Gasteiger partial charge in [0.2, 0.25) is 0 Å². The Balaban J connectivity index is 1.21. The van der Waals surface area contributed by atoms with Gasteiger partial charge in [-0.3, -0.25) is 19.3 Å². The third-order valence-corrected chi connectivity index (χ3v) is 9.65. The lowest BCUT2D eigenvalue weighted by Crippen LogP contribution is -2.55. The van der Waals surface area contributed by atoms with Crippen LogP contribution in [0.15, 0.2) is 48.8 Å². The first kappa shape index (κ1) is 42.4. The average molecular weight is 820 g/mol. The smallest absolute Gasteiger partial charge is 0.435 e. The molecule has 1 aliphatic rings. The van der Waals surface area contributed by atoms with Gasteiger partial charge < -0.3 is 41.2 Å². The summed E-state index contributed by atoms with van der Waals surface area (Å²) in [6.07, 6.45) is -2.27. The number of carbonyl (C=O) groups excluding carboxylic acids is 3. The number of urea groups is 1. The maximum atomic E-state index is 14.6. The first-order valence-corrected chi connectivity index (χ1v) is 18.2. The molecule has 0 unspecified atom stereocenters. The zero-order valence-electron chi connectivity index (χ0n) is 31.1. The molecule has 0 atom stereocenters. The van der Waals surface area contributed by atoms with Crippen molar-refractivity contribution < 1.29 is 41.8 Å². The van der Waals surface area contributed by atoms with Crippen molar-refractivity contribution in [3.63, 3.8) is 0 Å². The molecule has 2 aromatic carbocycles. The van der Waals surface area contributed by atoms with Gasteiger partial charge in [0.1, 0.15) is 5.69 Å². The van der Waals surface area contributed by atoms with E-state index < -0.39 is 41.0 Å². The number of nitrogens with one attached hydrogen (secondary N) is 1. The third kappa shape index (κ3) is 9.99. The van der Waals surface area contributed by atoms with Gasteiger partial charge in [-0.2, -0.15) is 18.3 Å². The molecule has 3 heterocycles. The molecule has 4 aromatic rings.